The second-order valence-electron chi connectivity index (χ2n) is 5.14. The lowest BCUT2D eigenvalue weighted by molar-refractivity contribution is 0.242. The van der Waals surface area contributed by atoms with Gasteiger partial charge in [-0.05, 0) is 31.5 Å². The van der Waals surface area contributed by atoms with E-state index in [-0.39, 0.29) is 11.5 Å². The molecule has 0 aliphatic carbocycles. The van der Waals surface area contributed by atoms with E-state index in [1.807, 2.05) is 0 Å². The zero-order valence-corrected chi connectivity index (χ0v) is 13.1. The average molecular weight is 337 g/mol. The predicted octanol–water partition coefficient (Wildman–Crippen LogP) is 2.69. The summed E-state index contributed by atoms with van der Waals surface area (Å²) in [6.45, 7) is 1.71. The van der Waals surface area contributed by atoms with Crippen molar-refractivity contribution >= 4 is 44.8 Å². The Bertz CT molecular complexity index is 628. The van der Waals surface area contributed by atoms with E-state index in [1.165, 1.54) is 0 Å². The number of nitrogens with one attached hydrogen (secondary N) is 2. The lowest BCUT2D eigenvalue weighted by Crippen LogP contribution is -2.48. The number of urea groups is 1. The third kappa shape index (κ3) is 4.01. The summed E-state index contributed by atoms with van der Waals surface area (Å²) < 4.78 is 22.9. The summed E-state index contributed by atoms with van der Waals surface area (Å²) in [4.78, 5) is 11.9. The highest BCUT2D eigenvalue weighted by Crippen LogP contribution is 2.24. The van der Waals surface area contributed by atoms with E-state index in [1.54, 1.807) is 25.1 Å². The summed E-state index contributed by atoms with van der Waals surface area (Å²) in [7, 11) is -3.07. The Morgan fingerprint density at radius 3 is 2.35 bits per heavy atom. The van der Waals surface area contributed by atoms with Crippen molar-refractivity contribution in [3.05, 3.63) is 28.2 Å². The first kappa shape index (κ1) is 15.4. The monoisotopic (exact) mass is 336 g/mol. The molecule has 0 bridgehead atoms. The zero-order chi connectivity index (χ0) is 15.0. The van der Waals surface area contributed by atoms with Crippen LogP contribution >= 0.6 is 23.2 Å². The maximum Gasteiger partial charge on any atom is 0.319 e. The van der Waals surface area contributed by atoms with Crippen molar-refractivity contribution in [3.63, 3.8) is 0 Å². The molecule has 110 valence electrons. The first-order valence-corrected chi connectivity index (χ1v) is 8.51. The van der Waals surface area contributed by atoms with E-state index in [0.29, 0.717) is 22.2 Å². The molecule has 2 N–H and O–H groups in total. The highest BCUT2D eigenvalue weighted by atomic mass is 35.5. The Morgan fingerprint density at radius 2 is 1.85 bits per heavy atom. The number of halogens is 2. The molecule has 1 aliphatic heterocycles. The molecule has 1 unspecified atom stereocenters. The van der Waals surface area contributed by atoms with Crippen LogP contribution in [-0.2, 0) is 9.84 Å². The molecule has 0 saturated carbocycles. The van der Waals surface area contributed by atoms with Crippen molar-refractivity contribution in [3.8, 4) is 0 Å². The largest absolute Gasteiger partial charge is 0.332 e. The van der Waals surface area contributed by atoms with Crippen LogP contribution in [0.1, 0.15) is 13.3 Å². The van der Waals surface area contributed by atoms with Gasteiger partial charge in [-0.1, -0.05) is 23.2 Å². The lowest BCUT2D eigenvalue weighted by Gasteiger charge is -2.24. The standard InChI is InChI=1S/C12H14Cl2N2O3S/c1-12(2-3-20(18,19)7-12)16-11(17)15-10-5-8(13)4-9(14)6-10/h4-6H,2-3,7H2,1H3,(H2,15,16,17). The van der Waals surface area contributed by atoms with Crippen LogP contribution in [0, 0.1) is 0 Å². The van der Waals surface area contributed by atoms with Crippen LogP contribution in [0.3, 0.4) is 0 Å². The number of carbonyl (C=O) groups is 1. The Labute approximate surface area is 127 Å². The number of hydrogen-bond acceptors (Lipinski definition) is 3. The van der Waals surface area contributed by atoms with Gasteiger partial charge in [-0.2, -0.15) is 0 Å². The molecule has 1 fully saturated rings. The van der Waals surface area contributed by atoms with E-state index in [2.05, 4.69) is 10.6 Å². The van der Waals surface area contributed by atoms with Crippen LogP contribution in [0.4, 0.5) is 10.5 Å². The van der Waals surface area contributed by atoms with Crippen molar-refractivity contribution in [2.45, 2.75) is 18.9 Å². The molecule has 1 aromatic carbocycles. The number of rotatable bonds is 2. The molecule has 2 rings (SSSR count). The van der Waals surface area contributed by atoms with Gasteiger partial charge in [0.1, 0.15) is 0 Å². The van der Waals surface area contributed by atoms with Crippen LogP contribution in [0.25, 0.3) is 0 Å². The summed E-state index contributed by atoms with van der Waals surface area (Å²) in [5.74, 6) is 0.0382. The minimum atomic E-state index is -3.07. The van der Waals surface area contributed by atoms with E-state index < -0.39 is 21.4 Å². The molecular weight excluding hydrogens is 323 g/mol. The number of carbonyl (C=O) groups excluding carboxylic acids is 1. The molecule has 1 heterocycles. The molecule has 1 aromatic rings. The Kier molecular flexibility index (Phi) is 4.18. The summed E-state index contributed by atoms with van der Waals surface area (Å²) >= 11 is 11.7. The van der Waals surface area contributed by atoms with Crippen LogP contribution in [0.5, 0.6) is 0 Å². The van der Waals surface area contributed by atoms with Crippen LogP contribution in [-0.4, -0.2) is 31.5 Å². The highest BCUT2D eigenvalue weighted by molar-refractivity contribution is 7.91. The smallest absolute Gasteiger partial charge is 0.319 e. The van der Waals surface area contributed by atoms with Crippen molar-refractivity contribution in [1.29, 1.82) is 0 Å². The van der Waals surface area contributed by atoms with Crippen molar-refractivity contribution in [2.75, 3.05) is 16.8 Å². The molecule has 1 atom stereocenters. The van der Waals surface area contributed by atoms with Crippen LogP contribution in [0.15, 0.2) is 18.2 Å². The van der Waals surface area contributed by atoms with Gasteiger partial charge in [-0.15, -0.1) is 0 Å². The van der Waals surface area contributed by atoms with E-state index in [0.717, 1.165) is 0 Å². The van der Waals surface area contributed by atoms with Gasteiger partial charge < -0.3 is 10.6 Å². The molecule has 0 radical (unpaired) electrons. The van der Waals surface area contributed by atoms with Crippen molar-refractivity contribution < 1.29 is 13.2 Å². The fourth-order valence-electron chi connectivity index (χ4n) is 2.17. The topological polar surface area (TPSA) is 75.3 Å². The fraction of sp³-hybridized carbons (Fsp3) is 0.417. The molecule has 0 aromatic heterocycles. The number of anilines is 1. The molecule has 5 nitrogen and oxygen atoms in total. The number of sulfone groups is 1. The highest BCUT2D eigenvalue weighted by Gasteiger charge is 2.39. The van der Waals surface area contributed by atoms with Gasteiger partial charge in [0.15, 0.2) is 9.84 Å². The average Bonchev–Trinajstić information content (AvgIpc) is 2.50. The third-order valence-corrected chi connectivity index (χ3v) is 5.38. The minimum Gasteiger partial charge on any atom is -0.332 e. The molecule has 2 amide bonds. The second kappa shape index (κ2) is 5.42. The van der Waals surface area contributed by atoms with Crippen molar-refractivity contribution in [1.82, 2.24) is 5.32 Å². The van der Waals surface area contributed by atoms with Crippen LogP contribution < -0.4 is 10.6 Å². The normalized spacial score (nSPS) is 24.4. The fourth-order valence-corrected chi connectivity index (χ4v) is 4.79. The summed E-state index contributed by atoms with van der Waals surface area (Å²) in [5, 5.41) is 6.08. The molecule has 1 aliphatic rings. The molecular formula is C12H14Cl2N2O3S. The summed E-state index contributed by atoms with van der Waals surface area (Å²) in [6.07, 6.45) is 0.402. The van der Waals surface area contributed by atoms with Gasteiger partial charge in [0.25, 0.3) is 0 Å². The molecule has 20 heavy (non-hydrogen) atoms. The van der Waals surface area contributed by atoms with Crippen LogP contribution in [0.2, 0.25) is 10.0 Å². The first-order chi connectivity index (χ1) is 9.17. The lowest BCUT2D eigenvalue weighted by atomic mass is 10.0. The second-order valence-corrected chi connectivity index (χ2v) is 8.20. The minimum absolute atomic E-state index is 0.0519. The SMILES string of the molecule is CC1(NC(=O)Nc2cc(Cl)cc(Cl)c2)CCS(=O)(=O)C1. The maximum atomic E-state index is 11.9. The van der Waals surface area contributed by atoms with Gasteiger partial charge in [-0.3, -0.25) is 0 Å². The molecule has 1 saturated heterocycles. The third-order valence-electron chi connectivity index (χ3n) is 3.04. The molecule has 8 heteroatoms. The quantitative estimate of drug-likeness (QED) is 0.871. The summed E-state index contributed by atoms with van der Waals surface area (Å²) in [5.41, 5.74) is -0.296. The number of hydrogen-bond donors (Lipinski definition) is 2. The van der Waals surface area contributed by atoms with Gasteiger partial charge in [0, 0.05) is 15.7 Å². The van der Waals surface area contributed by atoms with E-state index in [4.69, 9.17) is 23.2 Å². The Hall–Kier alpha value is -0.980. The summed E-state index contributed by atoms with van der Waals surface area (Å²) in [6, 6.07) is 4.18. The first-order valence-electron chi connectivity index (χ1n) is 5.93. The van der Waals surface area contributed by atoms with Crippen molar-refractivity contribution in [2.24, 2.45) is 0 Å². The number of amides is 2. The maximum absolute atomic E-state index is 11.9. The van der Waals surface area contributed by atoms with Gasteiger partial charge in [-0.25, -0.2) is 13.2 Å². The zero-order valence-electron chi connectivity index (χ0n) is 10.7. The molecule has 0 spiro atoms. The number of benzene rings is 1. The Balaban J connectivity index is 2.03. The Morgan fingerprint density at radius 1 is 1.25 bits per heavy atom. The van der Waals surface area contributed by atoms with Gasteiger partial charge in [0.05, 0.1) is 17.0 Å². The predicted molar refractivity (Wildman–Crippen MR) is 80.3 cm³/mol. The van der Waals surface area contributed by atoms with Gasteiger partial charge >= 0.3 is 6.03 Å². The van der Waals surface area contributed by atoms with E-state index in [9.17, 15) is 13.2 Å². The van der Waals surface area contributed by atoms with Gasteiger partial charge in [0.2, 0.25) is 0 Å². The van der Waals surface area contributed by atoms with E-state index >= 15 is 0 Å².